The van der Waals surface area contributed by atoms with Crippen LogP contribution in [0.2, 0.25) is 0 Å². The minimum Gasteiger partial charge on any atom is -0.354 e. The van der Waals surface area contributed by atoms with E-state index in [4.69, 9.17) is 5.10 Å². The van der Waals surface area contributed by atoms with Crippen molar-refractivity contribution in [3.63, 3.8) is 0 Å². The number of nitrogens with zero attached hydrogens (tertiary/aromatic N) is 4. The summed E-state index contributed by atoms with van der Waals surface area (Å²) in [7, 11) is 1.70. The number of piperazine rings is 1. The molecule has 29 heavy (non-hydrogen) atoms. The first-order valence-electron chi connectivity index (χ1n) is 11.0. The fourth-order valence-electron chi connectivity index (χ4n) is 4.79. The van der Waals surface area contributed by atoms with E-state index < -0.39 is 0 Å². The second kappa shape index (κ2) is 9.09. The van der Waals surface area contributed by atoms with E-state index in [0.717, 1.165) is 65.0 Å². The Bertz CT molecular complexity index is 823. The molecule has 1 N–H and O–H groups in total. The number of fused-ring (bicyclic) bond motifs is 1. The molecule has 1 atom stereocenters. The van der Waals surface area contributed by atoms with Crippen LogP contribution in [0.4, 0.5) is 0 Å². The number of aromatic nitrogens is 2. The standard InChI is InChI=1S/C23H33N5O/c1-3-26-13-15-27(16-14-26)19-9-10-21-20(17-19)22(23(29)24-2)25-28(21)12-11-18-7-5-4-6-8-18/h4-8,19H,3,9-17H2,1-2H3,(H,24,29). The normalized spacial score (nSPS) is 20.4. The maximum absolute atomic E-state index is 12.5. The summed E-state index contributed by atoms with van der Waals surface area (Å²) in [5, 5.41) is 7.55. The molecule has 0 saturated carbocycles. The van der Waals surface area contributed by atoms with Crippen molar-refractivity contribution < 1.29 is 4.79 Å². The summed E-state index contributed by atoms with van der Waals surface area (Å²) >= 11 is 0. The lowest BCUT2D eigenvalue weighted by atomic mass is 9.89. The van der Waals surface area contributed by atoms with Crippen molar-refractivity contribution in [3.05, 3.63) is 52.8 Å². The van der Waals surface area contributed by atoms with E-state index in [1.807, 2.05) is 6.07 Å². The molecule has 1 amide bonds. The molecule has 6 heteroatoms. The van der Waals surface area contributed by atoms with Gasteiger partial charge in [-0.1, -0.05) is 37.3 Å². The van der Waals surface area contributed by atoms with Crippen LogP contribution in [0.1, 0.15) is 40.7 Å². The van der Waals surface area contributed by atoms with E-state index in [-0.39, 0.29) is 5.91 Å². The van der Waals surface area contributed by atoms with Gasteiger partial charge in [0.1, 0.15) is 0 Å². The number of aryl methyl sites for hydroxylation is 2. The van der Waals surface area contributed by atoms with E-state index in [1.54, 1.807) is 7.05 Å². The third kappa shape index (κ3) is 4.38. The lowest BCUT2D eigenvalue weighted by Crippen LogP contribution is -2.51. The van der Waals surface area contributed by atoms with Gasteiger partial charge >= 0.3 is 0 Å². The highest BCUT2D eigenvalue weighted by molar-refractivity contribution is 5.93. The van der Waals surface area contributed by atoms with Gasteiger partial charge in [-0.15, -0.1) is 0 Å². The molecule has 0 radical (unpaired) electrons. The molecule has 6 nitrogen and oxygen atoms in total. The van der Waals surface area contributed by atoms with Gasteiger partial charge in [-0.05, 0) is 37.8 Å². The van der Waals surface area contributed by atoms with Crippen LogP contribution in [0.15, 0.2) is 30.3 Å². The van der Waals surface area contributed by atoms with E-state index >= 15 is 0 Å². The molecule has 1 fully saturated rings. The number of carbonyl (C=O) groups excluding carboxylic acids is 1. The molecule has 2 aromatic rings. The van der Waals surface area contributed by atoms with E-state index in [0.29, 0.717) is 11.7 Å². The minimum atomic E-state index is -0.0591. The molecule has 2 heterocycles. The molecule has 1 unspecified atom stereocenters. The van der Waals surface area contributed by atoms with Gasteiger partial charge in [-0.25, -0.2) is 0 Å². The molecule has 1 aliphatic carbocycles. The average Bonchev–Trinajstić information content (AvgIpc) is 3.16. The van der Waals surface area contributed by atoms with Crippen molar-refractivity contribution in [1.82, 2.24) is 24.9 Å². The number of likely N-dealkylation sites (N-methyl/N-ethyl adjacent to an activating group) is 1. The number of hydrogen-bond donors (Lipinski definition) is 1. The molecular formula is C23H33N5O. The Hall–Kier alpha value is -2.18. The van der Waals surface area contributed by atoms with E-state index in [2.05, 4.69) is 51.0 Å². The zero-order valence-corrected chi connectivity index (χ0v) is 17.7. The van der Waals surface area contributed by atoms with Crippen LogP contribution in [0.3, 0.4) is 0 Å². The summed E-state index contributed by atoms with van der Waals surface area (Å²) in [5.74, 6) is -0.0591. The van der Waals surface area contributed by atoms with E-state index in [1.165, 1.54) is 16.8 Å². The maximum atomic E-state index is 12.5. The number of nitrogens with one attached hydrogen (secondary N) is 1. The molecule has 0 bridgehead atoms. The Morgan fingerprint density at radius 3 is 2.62 bits per heavy atom. The third-order valence-corrected chi connectivity index (χ3v) is 6.59. The number of rotatable bonds is 6. The Morgan fingerprint density at radius 1 is 1.17 bits per heavy atom. The zero-order valence-electron chi connectivity index (χ0n) is 17.7. The molecule has 1 saturated heterocycles. The second-order valence-corrected chi connectivity index (χ2v) is 8.18. The number of carbonyl (C=O) groups is 1. The zero-order chi connectivity index (χ0) is 20.2. The predicted molar refractivity (Wildman–Crippen MR) is 115 cm³/mol. The van der Waals surface area contributed by atoms with Crippen LogP contribution in [-0.4, -0.2) is 71.3 Å². The maximum Gasteiger partial charge on any atom is 0.271 e. The SMILES string of the molecule is CCN1CCN(C2CCc3c(c(C(=O)NC)nn3CCc3ccccc3)C2)CC1. The topological polar surface area (TPSA) is 53.4 Å². The minimum absolute atomic E-state index is 0.0591. The molecule has 1 aromatic carbocycles. The average molecular weight is 396 g/mol. The lowest BCUT2D eigenvalue weighted by Gasteiger charge is -2.40. The number of amides is 1. The summed E-state index contributed by atoms with van der Waals surface area (Å²) in [6.07, 6.45) is 4.04. The molecule has 4 rings (SSSR count). The van der Waals surface area contributed by atoms with Crippen molar-refractivity contribution in [3.8, 4) is 0 Å². The summed E-state index contributed by atoms with van der Waals surface area (Å²) in [5.41, 5.74) is 4.38. The highest BCUT2D eigenvalue weighted by Gasteiger charge is 2.32. The first-order valence-corrected chi connectivity index (χ1v) is 11.0. The van der Waals surface area contributed by atoms with Crippen LogP contribution in [0.5, 0.6) is 0 Å². The lowest BCUT2D eigenvalue weighted by molar-refractivity contribution is 0.0911. The van der Waals surface area contributed by atoms with Crippen molar-refractivity contribution >= 4 is 5.91 Å². The quantitative estimate of drug-likeness (QED) is 0.813. The van der Waals surface area contributed by atoms with Crippen LogP contribution in [0.25, 0.3) is 0 Å². The van der Waals surface area contributed by atoms with Crippen molar-refractivity contribution in [2.24, 2.45) is 0 Å². The summed E-state index contributed by atoms with van der Waals surface area (Å²) in [6, 6.07) is 11.0. The second-order valence-electron chi connectivity index (χ2n) is 8.18. The Labute approximate surface area is 173 Å². The van der Waals surface area contributed by atoms with Gasteiger partial charge in [-0.2, -0.15) is 5.10 Å². The Kier molecular flexibility index (Phi) is 6.31. The van der Waals surface area contributed by atoms with Crippen LogP contribution >= 0.6 is 0 Å². The first kappa shape index (κ1) is 20.1. The van der Waals surface area contributed by atoms with Crippen molar-refractivity contribution in [1.29, 1.82) is 0 Å². The Balaban J connectivity index is 1.51. The molecule has 156 valence electrons. The fourth-order valence-corrected chi connectivity index (χ4v) is 4.79. The number of benzene rings is 1. The Morgan fingerprint density at radius 2 is 1.93 bits per heavy atom. The fraction of sp³-hybridized carbons (Fsp3) is 0.565. The highest BCUT2D eigenvalue weighted by Crippen LogP contribution is 2.28. The van der Waals surface area contributed by atoms with Gasteiger partial charge in [0.15, 0.2) is 5.69 Å². The smallest absolute Gasteiger partial charge is 0.271 e. The van der Waals surface area contributed by atoms with E-state index in [9.17, 15) is 4.79 Å². The summed E-state index contributed by atoms with van der Waals surface area (Å²) in [4.78, 5) is 17.7. The van der Waals surface area contributed by atoms with Crippen LogP contribution < -0.4 is 5.32 Å². The molecular weight excluding hydrogens is 362 g/mol. The van der Waals surface area contributed by atoms with Gasteiger partial charge in [0.25, 0.3) is 5.91 Å². The van der Waals surface area contributed by atoms with Crippen molar-refractivity contribution in [2.45, 2.75) is 45.2 Å². The van der Waals surface area contributed by atoms with Crippen molar-refractivity contribution in [2.75, 3.05) is 39.8 Å². The highest BCUT2D eigenvalue weighted by atomic mass is 16.1. The largest absolute Gasteiger partial charge is 0.354 e. The molecule has 1 aromatic heterocycles. The molecule has 1 aliphatic heterocycles. The monoisotopic (exact) mass is 395 g/mol. The van der Waals surface area contributed by atoms with Gasteiger partial charge in [0, 0.05) is 57.1 Å². The number of hydrogen-bond acceptors (Lipinski definition) is 4. The first-order chi connectivity index (χ1) is 14.2. The van der Waals surface area contributed by atoms with Gasteiger partial charge in [0.2, 0.25) is 0 Å². The molecule has 2 aliphatic rings. The van der Waals surface area contributed by atoms with Crippen LogP contribution in [0, 0.1) is 0 Å². The molecule has 0 spiro atoms. The summed E-state index contributed by atoms with van der Waals surface area (Å²) < 4.78 is 2.10. The predicted octanol–water partition coefficient (Wildman–Crippen LogP) is 1.98. The van der Waals surface area contributed by atoms with Crippen LogP contribution in [-0.2, 0) is 25.8 Å². The van der Waals surface area contributed by atoms with Gasteiger partial charge in [-0.3, -0.25) is 14.4 Å². The summed E-state index contributed by atoms with van der Waals surface area (Å²) in [6.45, 7) is 8.76. The van der Waals surface area contributed by atoms with Gasteiger partial charge < -0.3 is 10.2 Å². The third-order valence-electron chi connectivity index (χ3n) is 6.59. The van der Waals surface area contributed by atoms with Gasteiger partial charge in [0.05, 0.1) is 0 Å².